The average molecular weight is 422 g/mol. The molecule has 0 N–H and O–H groups in total. The molecule has 3 heteroatoms. The number of hydrogen-bond donors (Lipinski definition) is 0. The summed E-state index contributed by atoms with van der Waals surface area (Å²) in [4.78, 5) is 0. The van der Waals surface area contributed by atoms with Gasteiger partial charge in [-0.3, -0.25) is 0 Å². The van der Waals surface area contributed by atoms with Gasteiger partial charge in [-0.2, -0.15) is 0 Å². The second-order valence-corrected chi connectivity index (χ2v) is 10.5. The van der Waals surface area contributed by atoms with Crippen molar-refractivity contribution in [1.29, 1.82) is 0 Å². The lowest BCUT2D eigenvalue weighted by Crippen LogP contribution is -2.24. The van der Waals surface area contributed by atoms with Crippen molar-refractivity contribution in [3.63, 3.8) is 0 Å². The van der Waals surface area contributed by atoms with Gasteiger partial charge < -0.3 is 9.47 Å². The second-order valence-electron chi connectivity index (χ2n) is 8.33. The van der Waals surface area contributed by atoms with E-state index >= 15 is 0 Å². The summed E-state index contributed by atoms with van der Waals surface area (Å²) in [7, 11) is -0.737. The molecule has 0 aliphatic carbocycles. The Labute approximate surface area is 184 Å². The van der Waals surface area contributed by atoms with Crippen LogP contribution < -0.4 is 25.4 Å². The van der Waals surface area contributed by atoms with Gasteiger partial charge in [0.2, 0.25) is 0 Å². The minimum atomic E-state index is -0.737. The van der Waals surface area contributed by atoms with Gasteiger partial charge in [0.15, 0.2) is 0 Å². The van der Waals surface area contributed by atoms with E-state index in [4.69, 9.17) is 9.47 Å². The highest BCUT2D eigenvalue weighted by Crippen LogP contribution is 2.52. The van der Waals surface area contributed by atoms with Gasteiger partial charge in [-0.1, -0.05) is 78.9 Å². The predicted molar refractivity (Wildman–Crippen MR) is 128 cm³/mol. The quantitative estimate of drug-likeness (QED) is 0.417. The van der Waals surface area contributed by atoms with Crippen LogP contribution in [0, 0.1) is 13.8 Å². The molecule has 0 bridgehead atoms. The number of fused-ring (bicyclic) bond motifs is 5. The van der Waals surface area contributed by atoms with Gasteiger partial charge >= 0.3 is 0 Å². The molecule has 4 aromatic carbocycles. The maximum atomic E-state index is 6.56. The van der Waals surface area contributed by atoms with E-state index in [2.05, 4.69) is 105 Å². The van der Waals surface area contributed by atoms with Crippen molar-refractivity contribution in [2.75, 3.05) is 0 Å². The van der Waals surface area contributed by atoms with Gasteiger partial charge in [-0.25, -0.2) is 0 Å². The Balaban J connectivity index is 1.55. The molecule has 4 aromatic rings. The average Bonchev–Trinajstić information content (AvgIpc) is 3.31. The van der Waals surface area contributed by atoms with Crippen molar-refractivity contribution in [1.82, 2.24) is 0 Å². The monoisotopic (exact) mass is 422 g/mol. The molecule has 2 atom stereocenters. The lowest BCUT2D eigenvalue weighted by Gasteiger charge is -2.22. The zero-order chi connectivity index (χ0) is 20.9. The Kier molecular flexibility index (Phi) is 4.37. The molecule has 2 aliphatic rings. The van der Waals surface area contributed by atoms with Crippen LogP contribution in [0.25, 0.3) is 0 Å². The molecule has 152 valence electrons. The summed E-state index contributed by atoms with van der Waals surface area (Å²) in [6, 6.07) is 32.7. The molecular formula is C28H23O2P. The molecule has 31 heavy (non-hydrogen) atoms. The zero-order valence-electron chi connectivity index (χ0n) is 17.6. The summed E-state index contributed by atoms with van der Waals surface area (Å²) in [5.41, 5.74) is 4.95. The fraction of sp³-hybridized carbons (Fsp3) is 0.143. The molecule has 6 rings (SSSR count). The molecule has 0 amide bonds. The maximum Gasteiger partial charge on any atom is 0.252 e. The van der Waals surface area contributed by atoms with Crippen molar-refractivity contribution in [2.24, 2.45) is 0 Å². The van der Waals surface area contributed by atoms with Crippen molar-refractivity contribution in [3.8, 4) is 11.5 Å². The Morgan fingerprint density at radius 3 is 2.00 bits per heavy atom. The lowest BCUT2D eigenvalue weighted by atomic mass is 9.92. The van der Waals surface area contributed by atoms with Crippen LogP contribution in [0.3, 0.4) is 0 Å². The Bertz CT molecular complexity index is 1230. The molecule has 2 nitrogen and oxygen atoms in total. The van der Waals surface area contributed by atoms with Gasteiger partial charge in [0.1, 0.15) is 11.5 Å². The summed E-state index contributed by atoms with van der Waals surface area (Å²) in [5.74, 6) is 2.09. The Hall–Kier alpha value is -3.09. The fourth-order valence-electron chi connectivity index (χ4n) is 4.75. The topological polar surface area (TPSA) is 18.5 Å². The molecule has 0 saturated heterocycles. The van der Waals surface area contributed by atoms with Crippen molar-refractivity contribution in [2.45, 2.75) is 26.1 Å². The van der Waals surface area contributed by atoms with Crippen LogP contribution >= 0.6 is 7.92 Å². The van der Waals surface area contributed by atoms with E-state index in [-0.39, 0.29) is 12.2 Å². The molecule has 0 radical (unpaired) electrons. The van der Waals surface area contributed by atoms with Gasteiger partial charge in [-0.15, -0.1) is 0 Å². The van der Waals surface area contributed by atoms with Crippen LogP contribution in [0.1, 0.15) is 28.2 Å². The molecule has 0 saturated carbocycles. The molecule has 0 aromatic heterocycles. The molecule has 2 heterocycles. The number of rotatable bonds is 3. The molecule has 0 spiro atoms. The highest BCUT2D eigenvalue weighted by atomic mass is 31.1. The van der Waals surface area contributed by atoms with Gasteiger partial charge in [0, 0.05) is 16.4 Å². The van der Waals surface area contributed by atoms with Gasteiger partial charge in [0.25, 0.3) is 6.29 Å². The Morgan fingerprint density at radius 1 is 0.645 bits per heavy atom. The standard InChI is InChI=1S/C28H23O2P/c1-18-13-14-22-24(16-18)29-28-26(22)23-15-19(2)17-25(27(23)30-28)31(20-9-5-3-6-10-20)21-11-7-4-8-12-21/h3-17,26,28H,1-2H3. The maximum absolute atomic E-state index is 6.56. The first-order valence-corrected chi connectivity index (χ1v) is 12.0. The number of hydrogen-bond acceptors (Lipinski definition) is 2. The van der Waals surface area contributed by atoms with E-state index in [9.17, 15) is 0 Å². The van der Waals surface area contributed by atoms with E-state index in [0.717, 1.165) is 11.5 Å². The summed E-state index contributed by atoms with van der Waals surface area (Å²) < 4.78 is 12.8. The van der Waals surface area contributed by atoms with Gasteiger partial charge in [0.05, 0.1) is 5.92 Å². The van der Waals surface area contributed by atoms with E-state index in [1.807, 2.05) is 0 Å². The van der Waals surface area contributed by atoms with Crippen molar-refractivity contribution < 1.29 is 9.47 Å². The van der Waals surface area contributed by atoms with E-state index in [1.165, 1.54) is 38.2 Å². The minimum absolute atomic E-state index is 0.132. The van der Waals surface area contributed by atoms with Crippen LogP contribution in [0.2, 0.25) is 0 Å². The second kappa shape index (κ2) is 7.25. The largest absolute Gasteiger partial charge is 0.454 e. The minimum Gasteiger partial charge on any atom is -0.454 e. The highest BCUT2D eigenvalue weighted by molar-refractivity contribution is 7.80. The van der Waals surface area contributed by atoms with Crippen LogP contribution in [0.15, 0.2) is 91.0 Å². The molecule has 2 unspecified atom stereocenters. The third-order valence-corrected chi connectivity index (χ3v) is 8.54. The van der Waals surface area contributed by atoms with Crippen LogP contribution in [-0.4, -0.2) is 6.29 Å². The Morgan fingerprint density at radius 2 is 1.32 bits per heavy atom. The first-order chi connectivity index (χ1) is 15.2. The van der Waals surface area contributed by atoms with Crippen LogP contribution in [0.4, 0.5) is 0 Å². The smallest absolute Gasteiger partial charge is 0.252 e. The van der Waals surface area contributed by atoms with Gasteiger partial charge in [-0.05, 0) is 55.6 Å². The zero-order valence-corrected chi connectivity index (χ0v) is 18.5. The molecular weight excluding hydrogens is 399 g/mol. The highest BCUT2D eigenvalue weighted by Gasteiger charge is 2.45. The number of aryl methyl sites for hydroxylation is 2. The van der Waals surface area contributed by atoms with E-state index in [1.54, 1.807) is 0 Å². The summed E-state index contributed by atoms with van der Waals surface area (Å²) in [6.07, 6.45) is -0.282. The summed E-state index contributed by atoms with van der Waals surface area (Å²) >= 11 is 0. The molecule has 2 aliphatic heterocycles. The lowest BCUT2D eigenvalue weighted by molar-refractivity contribution is 0.0336. The first-order valence-electron chi connectivity index (χ1n) is 10.7. The van der Waals surface area contributed by atoms with Crippen LogP contribution in [-0.2, 0) is 0 Å². The SMILES string of the molecule is Cc1ccc2c(c1)OC1Oc3c(cc(C)cc3P(c3ccccc3)c3ccccc3)C21. The van der Waals surface area contributed by atoms with Crippen molar-refractivity contribution in [3.05, 3.63) is 113 Å². The summed E-state index contributed by atoms with van der Waals surface area (Å²) in [6.45, 7) is 4.29. The van der Waals surface area contributed by atoms with Crippen molar-refractivity contribution >= 4 is 23.8 Å². The predicted octanol–water partition coefficient (Wildman–Crippen LogP) is 5.30. The third-order valence-electron chi connectivity index (χ3n) is 6.10. The summed E-state index contributed by atoms with van der Waals surface area (Å²) in [5, 5.41) is 3.93. The molecule has 0 fully saturated rings. The van der Waals surface area contributed by atoms with E-state index in [0.29, 0.717) is 0 Å². The number of ether oxygens (including phenoxy) is 2. The third kappa shape index (κ3) is 3.06. The number of benzene rings is 4. The fourth-order valence-corrected chi connectivity index (χ4v) is 7.26. The normalized spacial score (nSPS) is 18.2. The van der Waals surface area contributed by atoms with Crippen LogP contribution in [0.5, 0.6) is 11.5 Å². The van der Waals surface area contributed by atoms with E-state index < -0.39 is 7.92 Å². The first kappa shape index (κ1) is 18.7.